The maximum Gasteiger partial charge on any atom is 0.226 e. The minimum absolute atomic E-state index is 0.0457. The van der Waals surface area contributed by atoms with Crippen LogP contribution in [0, 0.1) is 0 Å². The minimum atomic E-state index is -0.135. The van der Waals surface area contributed by atoms with E-state index in [1.54, 1.807) is 31.2 Å². The number of nitrogens with zero attached hydrogens (tertiary/aromatic N) is 1. The average Bonchev–Trinajstić information content (AvgIpc) is 2.85. The van der Waals surface area contributed by atoms with Crippen LogP contribution in [0.2, 0.25) is 0 Å². The number of carbonyl (C=O) groups is 3. The summed E-state index contributed by atoms with van der Waals surface area (Å²) >= 11 is 0. The number of hydrogen-bond acceptors (Lipinski definition) is 3. The minimum Gasteiger partial charge on any atom is -0.339 e. The Kier molecular flexibility index (Phi) is 7.63. The molecule has 2 rings (SSSR count). The molecule has 0 aliphatic heterocycles. The van der Waals surface area contributed by atoms with E-state index < -0.39 is 0 Å². The Morgan fingerprint density at radius 1 is 0.923 bits per heavy atom. The maximum absolute atomic E-state index is 12.2. The lowest BCUT2D eigenvalue weighted by atomic mass is 10.1. The molecule has 26 heavy (non-hydrogen) atoms. The van der Waals surface area contributed by atoms with Crippen LogP contribution in [0.5, 0.6) is 0 Å². The van der Waals surface area contributed by atoms with Gasteiger partial charge < -0.3 is 15.5 Å². The standard InChI is InChI=1S/C20H29N3O3/c1-15(24)21-17-9-11-18(12-10-17)22-20(26)13-14-23(16(2)25)19-7-5-3-4-6-8-19/h9-12,19H,3-8,13-14H2,1-2H3,(H,21,24)(H,22,26). The number of anilines is 2. The molecule has 1 fully saturated rings. The third-order valence-electron chi connectivity index (χ3n) is 4.74. The third-order valence-corrected chi connectivity index (χ3v) is 4.74. The van der Waals surface area contributed by atoms with Gasteiger partial charge in [-0.25, -0.2) is 0 Å². The highest BCUT2D eigenvalue weighted by atomic mass is 16.2. The van der Waals surface area contributed by atoms with E-state index in [4.69, 9.17) is 0 Å². The van der Waals surface area contributed by atoms with Crippen molar-refractivity contribution in [2.75, 3.05) is 17.2 Å². The molecule has 0 spiro atoms. The van der Waals surface area contributed by atoms with Crippen molar-refractivity contribution < 1.29 is 14.4 Å². The molecule has 0 bridgehead atoms. The molecule has 0 saturated heterocycles. The van der Waals surface area contributed by atoms with Crippen molar-refractivity contribution in [2.24, 2.45) is 0 Å². The van der Waals surface area contributed by atoms with Gasteiger partial charge in [-0.1, -0.05) is 25.7 Å². The van der Waals surface area contributed by atoms with Crippen LogP contribution in [0.4, 0.5) is 11.4 Å². The maximum atomic E-state index is 12.2. The summed E-state index contributed by atoms with van der Waals surface area (Å²) in [5.74, 6) is -0.203. The normalized spacial score (nSPS) is 15.0. The summed E-state index contributed by atoms with van der Waals surface area (Å²) < 4.78 is 0. The fourth-order valence-corrected chi connectivity index (χ4v) is 3.45. The monoisotopic (exact) mass is 359 g/mol. The van der Waals surface area contributed by atoms with Gasteiger partial charge in [-0.05, 0) is 37.1 Å². The van der Waals surface area contributed by atoms with Gasteiger partial charge in [0.15, 0.2) is 0 Å². The molecule has 6 heteroatoms. The predicted octanol–water partition coefficient (Wildman–Crippen LogP) is 3.54. The lowest BCUT2D eigenvalue weighted by Crippen LogP contribution is -2.40. The molecule has 142 valence electrons. The molecule has 0 atom stereocenters. The fraction of sp³-hybridized carbons (Fsp3) is 0.550. The summed E-state index contributed by atoms with van der Waals surface area (Å²) in [4.78, 5) is 37.1. The number of rotatable bonds is 6. The van der Waals surface area contributed by atoms with Crippen LogP contribution in [-0.2, 0) is 14.4 Å². The summed E-state index contributed by atoms with van der Waals surface area (Å²) in [5, 5.41) is 5.53. The average molecular weight is 359 g/mol. The SMILES string of the molecule is CC(=O)Nc1ccc(NC(=O)CCN(C(C)=O)C2CCCCCC2)cc1. The van der Waals surface area contributed by atoms with Gasteiger partial charge in [-0.3, -0.25) is 14.4 Å². The van der Waals surface area contributed by atoms with E-state index in [1.807, 2.05) is 4.90 Å². The molecule has 2 N–H and O–H groups in total. The van der Waals surface area contributed by atoms with E-state index in [9.17, 15) is 14.4 Å². The molecule has 0 unspecified atom stereocenters. The molecular weight excluding hydrogens is 330 g/mol. The first-order chi connectivity index (χ1) is 12.5. The van der Waals surface area contributed by atoms with Crippen LogP contribution in [0.1, 0.15) is 58.8 Å². The van der Waals surface area contributed by atoms with E-state index in [2.05, 4.69) is 10.6 Å². The summed E-state index contributed by atoms with van der Waals surface area (Å²) in [6.07, 6.45) is 7.12. The van der Waals surface area contributed by atoms with Gasteiger partial charge in [-0.15, -0.1) is 0 Å². The number of carbonyl (C=O) groups excluding carboxylic acids is 3. The van der Waals surface area contributed by atoms with Crippen LogP contribution in [0.3, 0.4) is 0 Å². The molecule has 1 aliphatic rings. The van der Waals surface area contributed by atoms with E-state index in [1.165, 1.54) is 19.8 Å². The Morgan fingerprint density at radius 2 is 1.46 bits per heavy atom. The zero-order chi connectivity index (χ0) is 18.9. The van der Waals surface area contributed by atoms with Gasteiger partial charge in [-0.2, -0.15) is 0 Å². The first-order valence-corrected chi connectivity index (χ1v) is 9.40. The molecule has 1 aromatic carbocycles. The van der Waals surface area contributed by atoms with E-state index in [-0.39, 0.29) is 30.2 Å². The molecule has 0 aromatic heterocycles. The van der Waals surface area contributed by atoms with Crippen LogP contribution < -0.4 is 10.6 Å². The van der Waals surface area contributed by atoms with E-state index >= 15 is 0 Å². The van der Waals surface area contributed by atoms with Gasteiger partial charge in [0.05, 0.1) is 0 Å². The molecule has 6 nitrogen and oxygen atoms in total. The van der Waals surface area contributed by atoms with Crippen molar-refractivity contribution in [3.05, 3.63) is 24.3 Å². The summed E-state index contributed by atoms with van der Waals surface area (Å²) in [6, 6.07) is 7.24. The van der Waals surface area contributed by atoms with Crippen LogP contribution >= 0.6 is 0 Å². The first kappa shape index (κ1) is 19.9. The van der Waals surface area contributed by atoms with Crippen molar-refractivity contribution in [3.63, 3.8) is 0 Å². The van der Waals surface area contributed by atoms with Gasteiger partial charge in [0.25, 0.3) is 0 Å². The topological polar surface area (TPSA) is 78.5 Å². The molecule has 1 saturated carbocycles. The van der Waals surface area contributed by atoms with E-state index in [0.29, 0.717) is 17.9 Å². The first-order valence-electron chi connectivity index (χ1n) is 9.40. The van der Waals surface area contributed by atoms with Gasteiger partial charge in [0.1, 0.15) is 0 Å². The van der Waals surface area contributed by atoms with Crippen molar-refractivity contribution in [1.29, 1.82) is 0 Å². The Labute approximate surface area is 155 Å². The molecular formula is C20H29N3O3. The molecule has 1 aromatic rings. The molecule has 0 radical (unpaired) electrons. The molecule has 0 heterocycles. The highest BCUT2D eigenvalue weighted by Gasteiger charge is 2.22. The molecule has 3 amide bonds. The smallest absolute Gasteiger partial charge is 0.226 e. The predicted molar refractivity (Wildman–Crippen MR) is 103 cm³/mol. The number of hydrogen-bond donors (Lipinski definition) is 2. The van der Waals surface area contributed by atoms with Crippen LogP contribution in [0.15, 0.2) is 24.3 Å². The summed E-state index contributed by atoms with van der Waals surface area (Å²) in [6.45, 7) is 3.49. The Balaban J connectivity index is 1.85. The summed E-state index contributed by atoms with van der Waals surface area (Å²) in [7, 11) is 0. The van der Waals surface area contributed by atoms with Crippen molar-refractivity contribution in [1.82, 2.24) is 4.90 Å². The zero-order valence-electron chi connectivity index (χ0n) is 15.7. The lowest BCUT2D eigenvalue weighted by molar-refractivity contribution is -0.132. The number of nitrogens with one attached hydrogen (secondary N) is 2. The number of amides is 3. The summed E-state index contributed by atoms with van der Waals surface area (Å²) in [5.41, 5.74) is 1.36. The van der Waals surface area contributed by atoms with Gasteiger partial charge in [0.2, 0.25) is 17.7 Å². The van der Waals surface area contributed by atoms with Crippen LogP contribution in [-0.4, -0.2) is 35.2 Å². The molecule has 1 aliphatic carbocycles. The Bertz CT molecular complexity index is 620. The fourth-order valence-electron chi connectivity index (χ4n) is 3.45. The quantitative estimate of drug-likeness (QED) is 0.763. The third kappa shape index (κ3) is 6.50. The lowest BCUT2D eigenvalue weighted by Gasteiger charge is -2.30. The van der Waals surface area contributed by atoms with Crippen molar-refractivity contribution in [3.8, 4) is 0 Å². The largest absolute Gasteiger partial charge is 0.339 e. The van der Waals surface area contributed by atoms with E-state index in [0.717, 1.165) is 25.7 Å². The van der Waals surface area contributed by atoms with Crippen molar-refractivity contribution in [2.45, 2.75) is 64.8 Å². The second kappa shape index (κ2) is 9.94. The second-order valence-electron chi connectivity index (χ2n) is 6.91. The highest BCUT2D eigenvalue weighted by molar-refractivity contribution is 5.92. The second-order valence-corrected chi connectivity index (χ2v) is 6.91. The Hall–Kier alpha value is -2.37. The Morgan fingerprint density at radius 3 is 1.96 bits per heavy atom. The zero-order valence-corrected chi connectivity index (χ0v) is 15.7. The van der Waals surface area contributed by atoms with Crippen LogP contribution in [0.25, 0.3) is 0 Å². The number of benzene rings is 1. The van der Waals surface area contributed by atoms with Crippen molar-refractivity contribution >= 4 is 29.1 Å². The van der Waals surface area contributed by atoms with Gasteiger partial charge in [0, 0.05) is 44.2 Å². The van der Waals surface area contributed by atoms with Gasteiger partial charge >= 0.3 is 0 Å². The highest BCUT2D eigenvalue weighted by Crippen LogP contribution is 2.22.